The molecule has 0 saturated carbocycles. The molecule has 0 spiro atoms. The van der Waals surface area contributed by atoms with Crippen molar-refractivity contribution < 1.29 is 27.9 Å². The van der Waals surface area contributed by atoms with Gasteiger partial charge in [0.05, 0.1) is 16.2 Å². The summed E-state index contributed by atoms with van der Waals surface area (Å²) in [5.41, 5.74) is -0.739. The first-order valence-corrected chi connectivity index (χ1v) is 10.7. The Morgan fingerprint density at radius 2 is 1.78 bits per heavy atom. The molecule has 1 aliphatic heterocycles. The lowest BCUT2D eigenvalue weighted by Gasteiger charge is -2.33. The van der Waals surface area contributed by atoms with Gasteiger partial charge in [-0.1, -0.05) is 12.1 Å². The van der Waals surface area contributed by atoms with Crippen molar-refractivity contribution in [3.05, 3.63) is 29.8 Å². The second-order valence-electron chi connectivity index (χ2n) is 7.82. The molecule has 1 fully saturated rings. The van der Waals surface area contributed by atoms with Gasteiger partial charge in [0, 0.05) is 13.1 Å². The van der Waals surface area contributed by atoms with E-state index in [0.29, 0.717) is 32.4 Å². The molecule has 7 nitrogen and oxygen atoms in total. The number of carboxylic acid groups (broad SMARTS) is 1. The molecule has 1 aromatic rings. The van der Waals surface area contributed by atoms with Gasteiger partial charge in [-0.15, -0.1) is 0 Å². The number of carbonyl (C=O) groups excluding carboxylic acids is 1. The third-order valence-corrected chi connectivity index (χ3v) is 6.31. The fourth-order valence-electron chi connectivity index (χ4n) is 3.08. The largest absolute Gasteiger partial charge is 0.478 e. The second kappa shape index (κ2) is 8.29. The summed E-state index contributed by atoms with van der Waals surface area (Å²) < 4.78 is 30.5. The molecule has 0 bridgehead atoms. The number of piperidine rings is 1. The number of benzene rings is 1. The number of likely N-dealkylation sites (tertiary alicyclic amines) is 1. The molecule has 1 aliphatic rings. The Bertz CT molecular complexity index is 789. The van der Waals surface area contributed by atoms with E-state index in [0.717, 1.165) is 0 Å². The molecular weight excluding hydrogens is 370 g/mol. The number of nitrogens with zero attached hydrogens (tertiary/aromatic N) is 1. The Balaban J connectivity index is 1.91. The predicted octanol–water partition coefficient (Wildman–Crippen LogP) is 3.20. The smallest absolute Gasteiger partial charge is 0.410 e. The van der Waals surface area contributed by atoms with E-state index in [1.807, 2.05) is 20.8 Å². The predicted molar refractivity (Wildman–Crippen MR) is 101 cm³/mol. The molecule has 1 saturated heterocycles. The third kappa shape index (κ3) is 5.95. The van der Waals surface area contributed by atoms with Crippen LogP contribution in [0.25, 0.3) is 0 Å². The molecule has 1 aromatic carbocycles. The van der Waals surface area contributed by atoms with Crippen LogP contribution in [0.5, 0.6) is 0 Å². The van der Waals surface area contributed by atoms with Crippen molar-refractivity contribution in [2.24, 2.45) is 5.92 Å². The van der Waals surface area contributed by atoms with E-state index in [9.17, 15) is 23.1 Å². The Hall–Kier alpha value is -2.09. The van der Waals surface area contributed by atoms with Gasteiger partial charge >= 0.3 is 12.1 Å². The van der Waals surface area contributed by atoms with Gasteiger partial charge in [-0.25, -0.2) is 18.0 Å². The van der Waals surface area contributed by atoms with Crippen LogP contribution in [-0.4, -0.2) is 54.9 Å². The van der Waals surface area contributed by atoms with E-state index < -0.39 is 21.4 Å². The number of sulfone groups is 1. The van der Waals surface area contributed by atoms with Crippen molar-refractivity contribution in [2.75, 3.05) is 18.8 Å². The van der Waals surface area contributed by atoms with Gasteiger partial charge in [-0.2, -0.15) is 0 Å². The van der Waals surface area contributed by atoms with Crippen molar-refractivity contribution in [3.63, 3.8) is 0 Å². The molecule has 0 atom stereocenters. The number of hydrogen-bond acceptors (Lipinski definition) is 5. The average Bonchev–Trinajstić information content (AvgIpc) is 2.59. The Kier molecular flexibility index (Phi) is 6.51. The Labute approximate surface area is 160 Å². The maximum atomic E-state index is 12.6. The molecule has 1 amide bonds. The van der Waals surface area contributed by atoms with Crippen molar-refractivity contribution in [2.45, 2.75) is 50.5 Å². The SMILES string of the molecule is CC(C)(C)OC(=O)N1CCC(CCS(=O)(=O)c2ccccc2C(=O)O)CC1. The van der Waals surface area contributed by atoms with E-state index in [1.54, 1.807) is 4.90 Å². The average molecular weight is 397 g/mol. The van der Waals surface area contributed by atoms with Gasteiger partial charge in [0.15, 0.2) is 9.84 Å². The maximum absolute atomic E-state index is 12.6. The fraction of sp³-hybridized carbons (Fsp3) is 0.579. The summed E-state index contributed by atoms with van der Waals surface area (Å²) in [5, 5.41) is 9.19. The summed E-state index contributed by atoms with van der Waals surface area (Å²) in [7, 11) is -3.68. The molecule has 0 unspecified atom stereocenters. The summed E-state index contributed by atoms with van der Waals surface area (Å²) in [6, 6.07) is 5.67. The minimum absolute atomic E-state index is 0.103. The fourth-order valence-corrected chi connectivity index (χ4v) is 4.72. The zero-order valence-electron chi connectivity index (χ0n) is 16.0. The van der Waals surface area contributed by atoms with Gasteiger partial charge in [0.25, 0.3) is 0 Å². The number of carbonyl (C=O) groups is 2. The van der Waals surface area contributed by atoms with Crippen LogP contribution in [-0.2, 0) is 14.6 Å². The highest BCUT2D eigenvalue weighted by atomic mass is 32.2. The zero-order valence-corrected chi connectivity index (χ0v) is 16.8. The summed E-state index contributed by atoms with van der Waals surface area (Å²) in [6.45, 7) is 6.52. The van der Waals surface area contributed by atoms with E-state index in [1.165, 1.54) is 24.3 Å². The standard InChI is InChI=1S/C19H27NO6S/c1-19(2,3)26-18(23)20-11-8-14(9-12-20)10-13-27(24,25)16-7-5-4-6-15(16)17(21)22/h4-7,14H,8-13H2,1-3H3,(H,21,22). The van der Waals surface area contributed by atoms with Crippen molar-refractivity contribution >= 4 is 21.9 Å². The van der Waals surface area contributed by atoms with E-state index >= 15 is 0 Å². The number of carboxylic acids is 1. The minimum atomic E-state index is -3.68. The van der Waals surface area contributed by atoms with Gasteiger partial charge < -0.3 is 14.7 Å². The van der Waals surface area contributed by atoms with Crippen LogP contribution in [0.3, 0.4) is 0 Å². The summed E-state index contributed by atoms with van der Waals surface area (Å²) >= 11 is 0. The molecule has 8 heteroatoms. The molecular formula is C19H27NO6S. The molecule has 0 aromatic heterocycles. The third-order valence-electron chi connectivity index (χ3n) is 4.51. The van der Waals surface area contributed by atoms with Gasteiger partial charge in [-0.3, -0.25) is 0 Å². The topological polar surface area (TPSA) is 101 Å². The molecule has 0 aliphatic carbocycles. The lowest BCUT2D eigenvalue weighted by atomic mass is 9.95. The normalized spacial score (nSPS) is 16.2. The first-order valence-electron chi connectivity index (χ1n) is 9.02. The first kappa shape index (κ1) is 21.2. The van der Waals surface area contributed by atoms with Crippen molar-refractivity contribution in [1.29, 1.82) is 0 Å². The highest BCUT2D eigenvalue weighted by Crippen LogP contribution is 2.25. The lowest BCUT2D eigenvalue weighted by molar-refractivity contribution is 0.0183. The molecule has 0 radical (unpaired) electrons. The zero-order chi connectivity index (χ0) is 20.2. The quantitative estimate of drug-likeness (QED) is 0.819. The summed E-state index contributed by atoms with van der Waals surface area (Å²) in [4.78, 5) is 24.8. The highest BCUT2D eigenvalue weighted by molar-refractivity contribution is 7.91. The number of rotatable bonds is 5. The van der Waals surface area contributed by atoms with Crippen molar-refractivity contribution in [1.82, 2.24) is 4.90 Å². The van der Waals surface area contributed by atoms with E-state index in [4.69, 9.17) is 4.74 Å². The van der Waals surface area contributed by atoms with Crippen LogP contribution in [0.2, 0.25) is 0 Å². The van der Waals surface area contributed by atoms with Gasteiger partial charge in [0.2, 0.25) is 0 Å². The van der Waals surface area contributed by atoms with Gasteiger partial charge in [0.1, 0.15) is 5.60 Å². The molecule has 2 rings (SSSR count). The summed E-state index contributed by atoms with van der Waals surface area (Å²) in [5.74, 6) is -1.18. The minimum Gasteiger partial charge on any atom is -0.478 e. The molecule has 1 N–H and O–H groups in total. The highest BCUT2D eigenvalue weighted by Gasteiger charge is 2.28. The van der Waals surface area contributed by atoms with E-state index in [-0.39, 0.29) is 28.2 Å². The van der Waals surface area contributed by atoms with Crippen LogP contribution < -0.4 is 0 Å². The molecule has 27 heavy (non-hydrogen) atoms. The molecule has 150 valence electrons. The van der Waals surface area contributed by atoms with Gasteiger partial charge in [-0.05, 0) is 58.1 Å². The van der Waals surface area contributed by atoms with Crippen LogP contribution in [0.4, 0.5) is 4.79 Å². The number of amides is 1. The number of aromatic carboxylic acids is 1. The Morgan fingerprint density at radius 3 is 2.33 bits per heavy atom. The molecule has 1 heterocycles. The maximum Gasteiger partial charge on any atom is 0.410 e. The monoisotopic (exact) mass is 397 g/mol. The van der Waals surface area contributed by atoms with Crippen molar-refractivity contribution in [3.8, 4) is 0 Å². The first-order chi connectivity index (χ1) is 12.5. The number of ether oxygens (including phenoxy) is 1. The van der Waals surface area contributed by atoms with Crippen LogP contribution in [0, 0.1) is 5.92 Å². The van der Waals surface area contributed by atoms with Crippen LogP contribution >= 0.6 is 0 Å². The number of hydrogen-bond donors (Lipinski definition) is 1. The summed E-state index contributed by atoms with van der Waals surface area (Å²) in [6.07, 6.45) is 1.51. The second-order valence-corrected chi connectivity index (χ2v) is 9.90. The van der Waals surface area contributed by atoms with E-state index in [2.05, 4.69) is 0 Å². The Morgan fingerprint density at radius 1 is 1.19 bits per heavy atom. The lowest BCUT2D eigenvalue weighted by Crippen LogP contribution is -2.41. The van der Waals surface area contributed by atoms with Crippen LogP contribution in [0.15, 0.2) is 29.2 Å². The van der Waals surface area contributed by atoms with Crippen LogP contribution in [0.1, 0.15) is 50.4 Å².